The van der Waals surface area contributed by atoms with Crippen molar-refractivity contribution in [3.05, 3.63) is 0 Å². The summed E-state index contributed by atoms with van der Waals surface area (Å²) in [4.78, 5) is 9.98. The topological polar surface area (TPSA) is 46.5 Å². The standard InChI is InChI=1S/C9H18O3/c1-7(2)6-8(3)4-5-12-9(10)11/h7-8H,4-6H2,1-3H3,(H,10,11). The van der Waals surface area contributed by atoms with E-state index in [2.05, 4.69) is 25.5 Å². The van der Waals surface area contributed by atoms with Gasteiger partial charge in [-0.3, -0.25) is 0 Å². The summed E-state index contributed by atoms with van der Waals surface area (Å²) in [5, 5.41) is 8.19. The van der Waals surface area contributed by atoms with E-state index in [1.807, 2.05) is 0 Å². The third-order valence-corrected chi connectivity index (χ3v) is 1.71. The molecule has 0 bridgehead atoms. The van der Waals surface area contributed by atoms with E-state index in [1.165, 1.54) is 0 Å². The maximum atomic E-state index is 9.98. The van der Waals surface area contributed by atoms with Crippen LogP contribution in [0.3, 0.4) is 0 Å². The maximum absolute atomic E-state index is 9.98. The van der Waals surface area contributed by atoms with Crippen molar-refractivity contribution >= 4 is 6.16 Å². The first-order chi connectivity index (χ1) is 5.52. The lowest BCUT2D eigenvalue weighted by molar-refractivity contribution is 0.0861. The monoisotopic (exact) mass is 174 g/mol. The molecule has 0 aliphatic carbocycles. The maximum Gasteiger partial charge on any atom is 0.505 e. The van der Waals surface area contributed by atoms with Crippen molar-refractivity contribution in [3.8, 4) is 0 Å². The summed E-state index contributed by atoms with van der Waals surface area (Å²) >= 11 is 0. The summed E-state index contributed by atoms with van der Waals surface area (Å²) in [6, 6.07) is 0. The molecule has 1 N–H and O–H groups in total. The van der Waals surface area contributed by atoms with E-state index in [-0.39, 0.29) is 0 Å². The van der Waals surface area contributed by atoms with Crippen LogP contribution < -0.4 is 0 Å². The fraction of sp³-hybridized carbons (Fsp3) is 0.889. The van der Waals surface area contributed by atoms with Crippen molar-refractivity contribution in [2.24, 2.45) is 11.8 Å². The number of hydrogen-bond donors (Lipinski definition) is 1. The SMILES string of the molecule is CC(C)CC(C)CCOC(=O)O. The average molecular weight is 174 g/mol. The number of carboxylic acid groups (broad SMARTS) is 1. The van der Waals surface area contributed by atoms with Gasteiger partial charge in [-0.05, 0) is 24.7 Å². The molecule has 0 heterocycles. The van der Waals surface area contributed by atoms with Crippen LogP contribution in [0.5, 0.6) is 0 Å². The van der Waals surface area contributed by atoms with Crippen molar-refractivity contribution in [1.29, 1.82) is 0 Å². The van der Waals surface area contributed by atoms with Crippen LogP contribution in [0, 0.1) is 11.8 Å². The fourth-order valence-corrected chi connectivity index (χ4v) is 1.27. The van der Waals surface area contributed by atoms with Gasteiger partial charge in [-0.25, -0.2) is 4.79 Å². The van der Waals surface area contributed by atoms with Gasteiger partial charge >= 0.3 is 6.16 Å². The Morgan fingerprint density at radius 2 is 2.00 bits per heavy atom. The first-order valence-corrected chi connectivity index (χ1v) is 4.38. The third-order valence-electron chi connectivity index (χ3n) is 1.71. The normalized spacial score (nSPS) is 13.0. The second-order valence-electron chi connectivity index (χ2n) is 3.64. The van der Waals surface area contributed by atoms with Gasteiger partial charge in [0.05, 0.1) is 6.61 Å². The Balaban J connectivity index is 3.31. The summed E-state index contributed by atoms with van der Waals surface area (Å²) in [6.45, 7) is 6.76. The van der Waals surface area contributed by atoms with Crippen molar-refractivity contribution in [1.82, 2.24) is 0 Å². The summed E-state index contributed by atoms with van der Waals surface area (Å²) in [5.41, 5.74) is 0. The molecular formula is C9H18O3. The van der Waals surface area contributed by atoms with Gasteiger partial charge in [0.2, 0.25) is 0 Å². The van der Waals surface area contributed by atoms with Crippen LogP contribution in [0.1, 0.15) is 33.6 Å². The van der Waals surface area contributed by atoms with Crippen molar-refractivity contribution in [2.75, 3.05) is 6.61 Å². The van der Waals surface area contributed by atoms with E-state index >= 15 is 0 Å². The minimum absolute atomic E-state index is 0.323. The van der Waals surface area contributed by atoms with E-state index in [9.17, 15) is 4.79 Å². The number of rotatable bonds is 5. The lowest BCUT2D eigenvalue weighted by atomic mass is 9.96. The van der Waals surface area contributed by atoms with Gasteiger partial charge in [0.25, 0.3) is 0 Å². The zero-order valence-corrected chi connectivity index (χ0v) is 8.04. The number of carbonyl (C=O) groups is 1. The molecule has 0 radical (unpaired) electrons. The molecule has 0 saturated carbocycles. The first kappa shape index (κ1) is 11.3. The second-order valence-corrected chi connectivity index (χ2v) is 3.64. The fourth-order valence-electron chi connectivity index (χ4n) is 1.27. The van der Waals surface area contributed by atoms with Crippen LogP contribution >= 0.6 is 0 Å². The molecule has 3 heteroatoms. The zero-order valence-electron chi connectivity index (χ0n) is 8.04. The van der Waals surface area contributed by atoms with Crippen LogP contribution in [0.4, 0.5) is 4.79 Å². The molecule has 0 saturated heterocycles. The molecule has 0 aromatic carbocycles. The van der Waals surface area contributed by atoms with E-state index in [0.29, 0.717) is 18.4 Å². The third kappa shape index (κ3) is 7.38. The molecule has 0 amide bonds. The molecule has 0 spiro atoms. The Morgan fingerprint density at radius 1 is 1.42 bits per heavy atom. The summed E-state index contributed by atoms with van der Waals surface area (Å²) in [7, 11) is 0. The van der Waals surface area contributed by atoms with Crippen LogP contribution in [-0.2, 0) is 4.74 Å². The Kier molecular flexibility index (Phi) is 5.51. The van der Waals surface area contributed by atoms with E-state index < -0.39 is 6.16 Å². The van der Waals surface area contributed by atoms with Gasteiger partial charge in [-0.1, -0.05) is 20.8 Å². The van der Waals surface area contributed by atoms with Gasteiger partial charge in [-0.15, -0.1) is 0 Å². The summed E-state index contributed by atoms with van der Waals surface area (Å²) in [5.74, 6) is 1.22. The highest BCUT2D eigenvalue weighted by Crippen LogP contribution is 2.14. The molecule has 0 aliphatic heterocycles. The van der Waals surface area contributed by atoms with Gasteiger partial charge in [0, 0.05) is 0 Å². The minimum atomic E-state index is -1.17. The van der Waals surface area contributed by atoms with Crippen molar-refractivity contribution < 1.29 is 14.6 Å². The Hall–Kier alpha value is -0.730. The summed E-state index contributed by atoms with van der Waals surface area (Å²) in [6.07, 6.45) is 0.778. The first-order valence-electron chi connectivity index (χ1n) is 4.38. The van der Waals surface area contributed by atoms with E-state index in [4.69, 9.17) is 5.11 Å². The Morgan fingerprint density at radius 3 is 2.42 bits per heavy atom. The molecule has 0 rings (SSSR count). The van der Waals surface area contributed by atoms with Crippen LogP contribution in [0.15, 0.2) is 0 Å². The molecule has 3 nitrogen and oxygen atoms in total. The Labute approximate surface area is 73.7 Å². The number of hydrogen-bond acceptors (Lipinski definition) is 2. The molecule has 0 fully saturated rings. The minimum Gasteiger partial charge on any atom is -0.450 e. The highest BCUT2D eigenvalue weighted by Gasteiger charge is 2.05. The molecule has 0 aromatic heterocycles. The van der Waals surface area contributed by atoms with Crippen molar-refractivity contribution in [3.63, 3.8) is 0 Å². The van der Waals surface area contributed by atoms with Gasteiger partial charge < -0.3 is 9.84 Å². The van der Waals surface area contributed by atoms with Crippen molar-refractivity contribution in [2.45, 2.75) is 33.6 Å². The molecular weight excluding hydrogens is 156 g/mol. The highest BCUT2D eigenvalue weighted by molar-refractivity contribution is 5.56. The summed E-state index contributed by atoms with van der Waals surface area (Å²) < 4.78 is 4.41. The molecule has 72 valence electrons. The molecule has 1 atom stereocenters. The van der Waals surface area contributed by atoms with Crippen LogP contribution in [0.2, 0.25) is 0 Å². The van der Waals surface area contributed by atoms with Crippen LogP contribution in [0.25, 0.3) is 0 Å². The number of ether oxygens (including phenoxy) is 1. The molecule has 12 heavy (non-hydrogen) atoms. The quantitative estimate of drug-likeness (QED) is 0.652. The van der Waals surface area contributed by atoms with Gasteiger partial charge in [0.1, 0.15) is 0 Å². The smallest absolute Gasteiger partial charge is 0.450 e. The van der Waals surface area contributed by atoms with E-state index in [1.54, 1.807) is 0 Å². The predicted octanol–water partition coefficient (Wildman–Crippen LogP) is 2.75. The van der Waals surface area contributed by atoms with E-state index in [0.717, 1.165) is 12.8 Å². The zero-order chi connectivity index (χ0) is 9.56. The average Bonchev–Trinajstić information content (AvgIpc) is 1.84. The lowest BCUT2D eigenvalue weighted by Crippen LogP contribution is -2.07. The largest absolute Gasteiger partial charge is 0.505 e. The lowest BCUT2D eigenvalue weighted by Gasteiger charge is -2.12. The Bertz CT molecular complexity index is 132. The van der Waals surface area contributed by atoms with Gasteiger partial charge in [-0.2, -0.15) is 0 Å². The van der Waals surface area contributed by atoms with Crippen LogP contribution in [-0.4, -0.2) is 17.9 Å². The molecule has 1 unspecified atom stereocenters. The van der Waals surface area contributed by atoms with Gasteiger partial charge in [0.15, 0.2) is 0 Å². The molecule has 0 aliphatic rings. The highest BCUT2D eigenvalue weighted by atomic mass is 16.7. The predicted molar refractivity (Wildman–Crippen MR) is 47.2 cm³/mol. The second kappa shape index (κ2) is 5.86. The molecule has 0 aromatic rings.